The third-order valence-corrected chi connectivity index (χ3v) is 2.89. The van der Waals surface area contributed by atoms with Crippen LogP contribution in [0.2, 0.25) is 0 Å². The van der Waals surface area contributed by atoms with Crippen LogP contribution in [0, 0.1) is 0 Å². The van der Waals surface area contributed by atoms with Crippen molar-refractivity contribution in [3.8, 4) is 0 Å². The van der Waals surface area contributed by atoms with Crippen LogP contribution < -0.4 is 5.32 Å². The van der Waals surface area contributed by atoms with E-state index in [2.05, 4.69) is 25.9 Å². The second-order valence-electron chi connectivity index (χ2n) is 4.29. The second kappa shape index (κ2) is 5.53. The molecule has 0 amide bonds. The van der Waals surface area contributed by atoms with Gasteiger partial charge in [-0.05, 0) is 40.3 Å². The van der Waals surface area contributed by atoms with E-state index in [4.69, 9.17) is 4.74 Å². The Labute approximate surface area is 119 Å². The Hall–Kier alpha value is -3.03. The standard InChI is InChI=1S/C13H12N6O2/c1-21-13(20)10-4-2-3-9(7-10)8-14-11-5-6-12-15-17-18-19(12)16-11/h2-7H,8H2,1H3,(H,14,16). The number of hydrogen-bond acceptors (Lipinski definition) is 7. The molecule has 1 aromatic carbocycles. The molecule has 8 nitrogen and oxygen atoms in total. The number of nitrogens with one attached hydrogen (secondary N) is 1. The lowest BCUT2D eigenvalue weighted by Crippen LogP contribution is -2.06. The summed E-state index contributed by atoms with van der Waals surface area (Å²) in [5, 5.41) is 18.4. The molecular formula is C13H12N6O2. The molecule has 0 aliphatic heterocycles. The van der Waals surface area contributed by atoms with Crippen molar-refractivity contribution in [2.45, 2.75) is 6.54 Å². The number of carbonyl (C=O) groups is 1. The first kappa shape index (κ1) is 13.0. The van der Waals surface area contributed by atoms with Crippen LogP contribution in [0.3, 0.4) is 0 Å². The molecule has 0 saturated heterocycles. The number of rotatable bonds is 4. The van der Waals surface area contributed by atoms with Gasteiger partial charge in [-0.2, -0.15) is 0 Å². The molecule has 1 N–H and O–H groups in total. The summed E-state index contributed by atoms with van der Waals surface area (Å²) < 4.78 is 6.04. The molecule has 0 unspecified atom stereocenters. The Morgan fingerprint density at radius 1 is 1.33 bits per heavy atom. The van der Waals surface area contributed by atoms with Crippen molar-refractivity contribution in [1.29, 1.82) is 0 Å². The van der Waals surface area contributed by atoms with Crippen LogP contribution in [0.5, 0.6) is 0 Å². The largest absolute Gasteiger partial charge is 0.465 e. The van der Waals surface area contributed by atoms with Crippen LogP contribution in [0.1, 0.15) is 15.9 Å². The van der Waals surface area contributed by atoms with Gasteiger partial charge in [0.2, 0.25) is 0 Å². The van der Waals surface area contributed by atoms with Crippen LogP contribution in [-0.2, 0) is 11.3 Å². The number of anilines is 1. The summed E-state index contributed by atoms with van der Waals surface area (Å²) in [4.78, 5) is 11.5. The predicted octanol–water partition coefficient (Wildman–Crippen LogP) is 0.918. The molecule has 0 atom stereocenters. The molecule has 2 heterocycles. The molecule has 2 aromatic heterocycles. The lowest BCUT2D eigenvalue weighted by atomic mass is 10.1. The Morgan fingerprint density at radius 2 is 2.24 bits per heavy atom. The lowest BCUT2D eigenvalue weighted by molar-refractivity contribution is 0.0600. The number of methoxy groups -OCH3 is 1. The Morgan fingerprint density at radius 3 is 3.10 bits per heavy atom. The number of hydrogen-bond donors (Lipinski definition) is 1. The minimum atomic E-state index is -0.356. The minimum Gasteiger partial charge on any atom is -0.465 e. The highest BCUT2D eigenvalue weighted by atomic mass is 16.5. The van der Waals surface area contributed by atoms with Crippen molar-refractivity contribution in [1.82, 2.24) is 25.3 Å². The number of carbonyl (C=O) groups excluding carboxylic acids is 1. The van der Waals surface area contributed by atoms with Gasteiger partial charge in [-0.25, -0.2) is 4.79 Å². The third kappa shape index (κ3) is 2.78. The van der Waals surface area contributed by atoms with Crippen molar-refractivity contribution in [3.63, 3.8) is 0 Å². The summed E-state index contributed by atoms with van der Waals surface area (Å²) >= 11 is 0. The fourth-order valence-corrected chi connectivity index (χ4v) is 1.86. The molecule has 0 aliphatic carbocycles. The zero-order chi connectivity index (χ0) is 14.7. The number of aromatic nitrogens is 5. The highest BCUT2D eigenvalue weighted by Crippen LogP contribution is 2.10. The van der Waals surface area contributed by atoms with Gasteiger partial charge in [0, 0.05) is 6.54 Å². The summed E-state index contributed by atoms with van der Waals surface area (Å²) in [5.41, 5.74) is 2.03. The van der Waals surface area contributed by atoms with Gasteiger partial charge in [0.1, 0.15) is 5.82 Å². The Kier molecular flexibility index (Phi) is 3.42. The first-order valence-corrected chi connectivity index (χ1v) is 6.23. The van der Waals surface area contributed by atoms with Crippen molar-refractivity contribution in [2.24, 2.45) is 0 Å². The second-order valence-corrected chi connectivity index (χ2v) is 4.29. The molecular weight excluding hydrogens is 272 g/mol. The van der Waals surface area contributed by atoms with Crippen molar-refractivity contribution < 1.29 is 9.53 Å². The fourth-order valence-electron chi connectivity index (χ4n) is 1.86. The number of tetrazole rings is 1. The molecule has 21 heavy (non-hydrogen) atoms. The monoisotopic (exact) mass is 284 g/mol. The van der Waals surface area contributed by atoms with Gasteiger partial charge in [-0.15, -0.1) is 14.8 Å². The van der Waals surface area contributed by atoms with Gasteiger partial charge >= 0.3 is 5.97 Å². The van der Waals surface area contributed by atoms with Gasteiger partial charge in [-0.3, -0.25) is 0 Å². The van der Waals surface area contributed by atoms with E-state index in [1.807, 2.05) is 6.07 Å². The number of ether oxygens (including phenoxy) is 1. The average molecular weight is 284 g/mol. The normalized spacial score (nSPS) is 10.5. The quantitative estimate of drug-likeness (QED) is 0.712. The van der Waals surface area contributed by atoms with E-state index < -0.39 is 0 Å². The molecule has 0 bridgehead atoms. The van der Waals surface area contributed by atoms with Gasteiger partial charge in [0.05, 0.1) is 12.7 Å². The summed E-state index contributed by atoms with van der Waals surface area (Å²) in [6.45, 7) is 0.519. The van der Waals surface area contributed by atoms with Gasteiger partial charge in [-0.1, -0.05) is 12.1 Å². The Bertz CT molecular complexity index is 785. The first-order chi connectivity index (χ1) is 10.3. The molecule has 106 valence electrons. The van der Waals surface area contributed by atoms with E-state index in [0.717, 1.165) is 5.56 Å². The molecule has 0 fully saturated rings. The van der Waals surface area contributed by atoms with Crippen LogP contribution in [-0.4, -0.2) is 38.3 Å². The molecule has 3 aromatic rings. The minimum absolute atomic E-state index is 0.356. The molecule has 0 radical (unpaired) electrons. The molecule has 3 rings (SSSR count). The fraction of sp³-hybridized carbons (Fsp3) is 0.154. The van der Waals surface area contributed by atoms with E-state index in [9.17, 15) is 4.79 Å². The van der Waals surface area contributed by atoms with Crippen molar-refractivity contribution in [2.75, 3.05) is 12.4 Å². The summed E-state index contributed by atoms with van der Waals surface area (Å²) in [6.07, 6.45) is 0. The van der Waals surface area contributed by atoms with Crippen molar-refractivity contribution in [3.05, 3.63) is 47.5 Å². The maximum Gasteiger partial charge on any atom is 0.337 e. The van der Waals surface area contributed by atoms with E-state index >= 15 is 0 Å². The predicted molar refractivity (Wildman–Crippen MR) is 73.7 cm³/mol. The maximum absolute atomic E-state index is 11.5. The average Bonchev–Trinajstić information content (AvgIpc) is 3.00. The number of esters is 1. The van der Waals surface area contributed by atoms with Gasteiger partial charge < -0.3 is 10.1 Å². The van der Waals surface area contributed by atoms with Crippen LogP contribution >= 0.6 is 0 Å². The molecule has 0 saturated carbocycles. The van der Waals surface area contributed by atoms with Crippen LogP contribution in [0.4, 0.5) is 5.82 Å². The number of benzene rings is 1. The van der Waals surface area contributed by atoms with E-state index in [1.165, 1.54) is 11.7 Å². The maximum atomic E-state index is 11.5. The van der Waals surface area contributed by atoms with Crippen molar-refractivity contribution >= 4 is 17.4 Å². The topological polar surface area (TPSA) is 94.3 Å². The first-order valence-electron chi connectivity index (χ1n) is 6.23. The number of fused-ring (bicyclic) bond motifs is 1. The summed E-state index contributed by atoms with van der Waals surface area (Å²) in [7, 11) is 1.36. The molecule has 8 heteroatoms. The third-order valence-electron chi connectivity index (χ3n) is 2.89. The lowest BCUT2D eigenvalue weighted by Gasteiger charge is -2.06. The van der Waals surface area contributed by atoms with Gasteiger partial charge in [0.25, 0.3) is 0 Å². The zero-order valence-corrected chi connectivity index (χ0v) is 11.2. The zero-order valence-electron chi connectivity index (χ0n) is 11.2. The van der Waals surface area contributed by atoms with Gasteiger partial charge in [0.15, 0.2) is 5.65 Å². The summed E-state index contributed by atoms with van der Waals surface area (Å²) in [6, 6.07) is 10.8. The van der Waals surface area contributed by atoms with E-state index in [1.54, 1.807) is 30.3 Å². The number of nitrogens with zero attached hydrogens (tertiary/aromatic N) is 5. The summed E-state index contributed by atoms with van der Waals surface area (Å²) in [5.74, 6) is 0.281. The Balaban J connectivity index is 1.73. The smallest absolute Gasteiger partial charge is 0.337 e. The highest BCUT2D eigenvalue weighted by molar-refractivity contribution is 5.89. The van der Waals surface area contributed by atoms with E-state index in [-0.39, 0.29) is 5.97 Å². The molecule has 0 aliphatic rings. The SMILES string of the molecule is COC(=O)c1cccc(CNc2ccc3nnnn3n2)c1. The highest BCUT2D eigenvalue weighted by Gasteiger charge is 2.06. The van der Waals surface area contributed by atoms with Crippen LogP contribution in [0.25, 0.3) is 5.65 Å². The molecule has 0 spiro atoms. The van der Waals surface area contributed by atoms with Crippen LogP contribution in [0.15, 0.2) is 36.4 Å². The van der Waals surface area contributed by atoms with E-state index in [0.29, 0.717) is 23.6 Å².